The maximum atomic E-state index is 10.3. The van der Waals surface area contributed by atoms with E-state index in [-0.39, 0.29) is 17.1 Å². The van der Waals surface area contributed by atoms with Crippen molar-refractivity contribution in [1.82, 2.24) is 0 Å². The molecule has 6 heteroatoms. The van der Waals surface area contributed by atoms with Crippen LogP contribution < -0.4 is 0 Å². The van der Waals surface area contributed by atoms with Crippen LogP contribution in [0, 0.1) is 20.0 Å². The Bertz CT molecular complexity index is 284. The molecule has 0 aromatic carbocycles. The van der Waals surface area contributed by atoms with Crippen molar-refractivity contribution in [2.45, 2.75) is 39.5 Å². The first-order valence-corrected chi connectivity index (χ1v) is 5.50. The molecule has 0 fully saturated rings. The summed E-state index contributed by atoms with van der Waals surface area (Å²) in [4.78, 5) is 10.3. The maximum Gasteiger partial charge on any atom is 0 e. The Morgan fingerprint density at radius 3 is 1.95 bits per heavy atom. The van der Waals surface area contributed by atoms with E-state index in [0.717, 1.165) is 6.42 Å². The molecule has 0 aliphatic heterocycles. The van der Waals surface area contributed by atoms with Crippen LogP contribution in [0.2, 0.25) is 0 Å². The van der Waals surface area contributed by atoms with Gasteiger partial charge < -0.3 is 4.74 Å². The second-order valence-corrected chi connectivity index (χ2v) is 2.80. The fraction of sp³-hybridized carbons (Fsp3) is 0.500. The van der Waals surface area contributed by atoms with Crippen LogP contribution in [-0.4, -0.2) is 12.5 Å². The zero-order valence-corrected chi connectivity index (χ0v) is 12.7. The first-order valence-electron chi connectivity index (χ1n) is 5.50. The second-order valence-electron chi connectivity index (χ2n) is 2.80. The Morgan fingerprint density at radius 1 is 1.10 bits per heavy atom. The van der Waals surface area contributed by atoms with Crippen LogP contribution in [0.4, 0.5) is 0 Å². The Balaban J connectivity index is -0.0000000940. The zero-order valence-electron chi connectivity index (χ0n) is 11.6. The first-order chi connectivity index (χ1) is 9.35. The molecule has 0 saturated heterocycles. The van der Waals surface area contributed by atoms with E-state index in [0.29, 0.717) is 12.4 Å². The largest absolute Gasteiger partial charge is 0 e. The summed E-state index contributed by atoms with van der Waals surface area (Å²) in [6.07, 6.45) is 8.30. The summed E-state index contributed by atoms with van der Waals surface area (Å²) in [5, 5.41) is 0. The third kappa shape index (κ3) is 36.0. The third-order valence-electron chi connectivity index (χ3n) is 1.64. The molecule has 0 atom stereocenters. The summed E-state index contributed by atoms with van der Waals surface area (Å²) >= 11 is 0. The van der Waals surface area contributed by atoms with Crippen molar-refractivity contribution in [3.8, 4) is 0 Å². The van der Waals surface area contributed by atoms with Gasteiger partial charge >= 0.3 is 33.9 Å². The van der Waals surface area contributed by atoms with Crippen LogP contribution in [0.15, 0.2) is 17.9 Å². The van der Waals surface area contributed by atoms with Gasteiger partial charge in [-0.2, -0.15) is 0 Å². The Labute approximate surface area is 131 Å². The predicted octanol–water partition coefficient (Wildman–Crippen LogP) is 2.76. The molecule has 0 aromatic rings. The van der Waals surface area contributed by atoms with Gasteiger partial charge in [-0.25, -0.2) is 4.79 Å². The molecule has 0 bridgehead atoms. The minimum absolute atomic E-state index is 0. The van der Waals surface area contributed by atoms with E-state index in [1.807, 2.05) is 13.0 Å². The molecule has 0 N–H and O–H groups in total. The second kappa shape index (κ2) is 43.1. The van der Waals surface area contributed by atoms with Gasteiger partial charge in [0.2, 0.25) is 5.76 Å². The number of rotatable bonds is 7. The van der Waals surface area contributed by atoms with Gasteiger partial charge in [-0.1, -0.05) is 25.8 Å². The fourth-order valence-electron chi connectivity index (χ4n) is 0.970. The zero-order chi connectivity index (χ0) is 15.9. The average Bonchev–Trinajstić information content (AvgIpc) is 2.52. The Morgan fingerprint density at radius 2 is 1.60 bits per heavy atom. The molecule has 20 heavy (non-hydrogen) atoms. The summed E-state index contributed by atoms with van der Waals surface area (Å²) in [6, 6.07) is 0. The standard InChI is InChI=1S/C11H18O2.3CO.Fe/c1-3-5-6-7-8-9-11(10-12)13-4-2;3*1-2;/h8-9H,3-7H2,1-2H3;;;;/b9-8+;;;;. The summed E-state index contributed by atoms with van der Waals surface area (Å²) < 4.78 is 27.5. The van der Waals surface area contributed by atoms with E-state index < -0.39 is 0 Å². The quantitative estimate of drug-likeness (QED) is 0.137. The van der Waals surface area contributed by atoms with E-state index in [9.17, 15) is 4.79 Å². The van der Waals surface area contributed by atoms with Gasteiger partial charge in [-0.15, -0.1) is 0 Å². The van der Waals surface area contributed by atoms with Crippen LogP contribution >= 0.6 is 0 Å². The summed E-state index contributed by atoms with van der Waals surface area (Å²) in [6.45, 7) is 18.0. The summed E-state index contributed by atoms with van der Waals surface area (Å²) in [5.74, 6) is 2.06. The van der Waals surface area contributed by atoms with Crippen molar-refractivity contribution in [2.75, 3.05) is 6.61 Å². The first kappa shape index (κ1) is 31.2. The number of ether oxygens (including phenoxy) is 1. The van der Waals surface area contributed by atoms with Crippen molar-refractivity contribution >= 4 is 5.94 Å². The molecule has 0 spiro atoms. The van der Waals surface area contributed by atoms with Crippen molar-refractivity contribution in [2.24, 2.45) is 0 Å². The number of hydrogen-bond donors (Lipinski definition) is 0. The normalized spacial score (nSPS) is 6.80. The van der Waals surface area contributed by atoms with Crippen molar-refractivity contribution in [3.63, 3.8) is 0 Å². The van der Waals surface area contributed by atoms with Gasteiger partial charge in [-0.3, -0.25) is 0 Å². The summed E-state index contributed by atoms with van der Waals surface area (Å²) in [5.41, 5.74) is 0. The van der Waals surface area contributed by atoms with E-state index in [1.54, 1.807) is 12.0 Å². The molecule has 112 valence electrons. The van der Waals surface area contributed by atoms with Crippen LogP contribution in [0.25, 0.3) is 0 Å². The van der Waals surface area contributed by atoms with Crippen LogP contribution in [-0.2, 0) is 40.6 Å². The molecule has 0 aliphatic carbocycles. The monoisotopic (exact) mass is 322 g/mol. The van der Waals surface area contributed by atoms with Gasteiger partial charge in [-0.05, 0) is 25.8 Å². The van der Waals surface area contributed by atoms with Crippen molar-refractivity contribution in [3.05, 3.63) is 37.9 Å². The molecule has 0 radical (unpaired) electrons. The smallest absolute Gasteiger partial charge is 0 e. The van der Waals surface area contributed by atoms with E-state index >= 15 is 0 Å². The van der Waals surface area contributed by atoms with Gasteiger partial charge in [0, 0.05) is 17.1 Å². The van der Waals surface area contributed by atoms with Gasteiger partial charge in [0.1, 0.15) is 0 Å². The van der Waals surface area contributed by atoms with Crippen molar-refractivity contribution < 1.29 is 40.6 Å². The minimum Gasteiger partial charge on any atom is 0 e. The molecule has 0 unspecified atom stereocenters. The van der Waals surface area contributed by atoms with Crippen LogP contribution in [0.5, 0.6) is 0 Å². The van der Waals surface area contributed by atoms with Gasteiger partial charge in [0.15, 0.2) is 5.94 Å². The minimum atomic E-state index is 0. The molecule has 0 amide bonds. The van der Waals surface area contributed by atoms with E-state index in [1.165, 1.54) is 19.3 Å². The van der Waals surface area contributed by atoms with E-state index in [4.69, 9.17) is 18.7 Å². The van der Waals surface area contributed by atoms with E-state index in [2.05, 4.69) is 26.9 Å². The van der Waals surface area contributed by atoms with Gasteiger partial charge in [0.05, 0.1) is 6.61 Å². The molecule has 5 nitrogen and oxygen atoms in total. The Kier molecular flexibility index (Phi) is 67.3. The number of hydrogen-bond acceptors (Lipinski definition) is 2. The molecule has 0 heterocycles. The number of allylic oxidation sites excluding steroid dienone is 2. The molecule has 0 saturated carbocycles. The Hall–Kier alpha value is -1.27. The van der Waals surface area contributed by atoms with Gasteiger partial charge in [0.25, 0.3) is 0 Å². The fourth-order valence-corrected chi connectivity index (χ4v) is 0.970. The van der Waals surface area contributed by atoms with Crippen LogP contribution in [0.1, 0.15) is 39.5 Å². The summed E-state index contributed by atoms with van der Waals surface area (Å²) in [7, 11) is 0. The molecular formula is C14H18FeO5. The SMILES string of the molecule is CCCCC/C=C/C(=C=O)OCC.[C-]#[O+].[C-]#[O+].[C-]#[O+].[Fe]. The number of unbranched alkanes of at least 4 members (excludes halogenated alkanes) is 3. The third-order valence-corrected chi connectivity index (χ3v) is 1.64. The molecule has 0 rings (SSSR count). The molecular weight excluding hydrogens is 304 g/mol. The van der Waals surface area contributed by atoms with Crippen LogP contribution in [0.3, 0.4) is 0 Å². The molecule has 0 aromatic heterocycles. The predicted molar refractivity (Wildman–Crippen MR) is 65.9 cm³/mol. The topological polar surface area (TPSA) is 86.0 Å². The maximum absolute atomic E-state index is 10.3. The van der Waals surface area contributed by atoms with Crippen molar-refractivity contribution in [1.29, 1.82) is 0 Å². The average molecular weight is 322 g/mol. The molecule has 0 aliphatic rings. The number of carbonyl (C=O) groups excluding carboxylic acids is 1.